The molecule has 0 bridgehead atoms. The van der Waals surface area contributed by atoms with E-state index in [0.29, 0.717) is 18.7 Å². The van der Waals surface area contributed by atoms with Crippen molar-refractivity contribution >= 4 is 23.6 Å². The Morgan fingerprint density at radius 1 is 1.33 bits per heavy atom. The largest absolute Gasteiger partial charge is 0.443 e. The molecule has 0 radical (unpaired) electrons. The van der Waals surface area contributed by atoms with Crippen molar-refractivity contribution in [1.82, 2.24) is 10.9 Å². The summed E-state index contributed by atoms with van der Waals surface area (Å²) in [5.74, 6) is -0.133. The molecule has 1 saturated heterocycles. The van der Waals surface area contributed by atoms with Crippen LogP contribution < -0.4 is 10.9 Å². The monoisotopic (exact) mass is 362 g/mol. The second kappa shape index (κ2) is 8.90. The van der Waals surface area contributed by atoms with Gasteiger partial charge >= 0.3 is 6.09 Å². The minimum atomic E-state index is -0.683. The Morgan fingerprint density at radius 3 is 2.54 bits per heavy atom. The third kappa shape index (κ3) is 7.71. The molecule has 7 heteroatoms. The van der Waals surface area contributed by atoms with Gasteiger partial charge in [0.15, 0.2) is 0 Å². The molecular formula is C17H31ClN2O4. The van der Waals surface area contributed by atoms with E-state index in [0.717, 1.165) is 19.3 Å². The number of nitrogens with one attached hydrogen (secondary N) is 2. The first-order valence-corrected chi connectivity index (χ1v) is 9.10. The summed E-state index contributed by atoms with van der Waals surface area (Å²) >= 11 is 5.78. The van der Waals surface area contributed by atoms with Crippen LogP contribution in [0.15, 0.2) is 0 Å². The molecule has 0 spiro atoms. The highest BCUT2D eigenvalue weighted by Crippen LogP contribution is 2.33. The Morgan fingerprint density at radius 2 is 2.00 bits per heavy atom. The number of ether oxygens (including phenoxy) is 2. The molecule has 2 atom stereocenters. The van der Waals surface area contributed by atoms with Gasteiger partial charge in [-0.3, -0.25) is 10.2 Å². The van der Waals surface area contributed by atoms with Gasteiger partial charge in [0.05, 0.1) is 17.6 Å². The predicted octanol–water partition coefficient (Wildman–Crippen LogP) is 3.53. The summed E-state index contributed by atoms with van der Waals surface area (Å²) in [6, 6.07) is 0. The Bertz CT molecular complexity index is 435. The van der Waals surface area contributed by atoms with Crippen LogP contribution in [0.5, 0.6) is 0 Å². The third-order valence-electron chi connectivity index (χ3n) is 3.86. The van der Waals surface area contributed by atoms with Crippen molar-refractivity contribution in [2.24, 2.45) is 5.92 Å². The molecule has 24 heavy (non-hydrogen) atoms. The quantitative estimate of drug-likeness (QED) is 0.579. The van der Waals surface area contributed by atoms with E-state index >= 15 is 0 Å². The van der Waals surface area contributed by atoms with Crippen LogP contribution in [0.4, 0.5) is 4.79 Å². The molecule has 2 N–H and O–H groups in total. The van der Waals surface area contributed by atoms with Gasteiger partial charge in [0.25, 0.3) is 0 Å². The fourth-order valence-electron chi connectivity index (χ4n) is 2.83. The van der Waals surface area contributed by atoms with Gasteiger partial charge in [-0.2, -0.15) is 0 Å². The van der Waals surface area contributed by atoms with E-state index in [1.165, 1.54) is 0 Å². The lowest BCUT2D eigenvalue weighted by molar-refractivity contribution is -0.151. The molecule has 2 amide bonds. The fourth-order valence-corrected chi connectivity index (χ4v) is 2.99. The van der Waals surface area contributed by atoms with E-state index in [9.17, 15) is 9.59 Å². The summed E-state index contributed by atoms with van der Waals surface area (Å²) in [5, 5.41) is 0. The lowest BCUT2D eigenvalue weighted by Crippen LogP contribution is -2.50. The number of carbonyl (C=O) groups is 2. The lowest BCUT2D eigenvalue weighted by Gasteiger charge is -2.39. The molecule has 0 saturated carbocycles. The molecule has 2 unspecified atom stereocenters. The molecule has 0 aromatic rings. The highest BCUT2D eigenvalue weighted by molar-refractivity contribution is 6.17. The van der Waals surface area contributed by atoms with E-state index in [1.54, 1.807) is 20.8 Å². The molecule has 0 aromatic heterocycles. The van der Waals surface area contributed by atoms with Gasteiger partial charge in [-0.15, -0.1) is 11.6 Å². The topological polar surface area (TPSA) is 76.7 Å². The smallest absolute Gasteiger partial charge is 0.426 e. The van der Waals surface area contributed by atoms with Crippen molar-refractivity contribution < 1.29 is 19.1 Å². The second-order valence-corrected chi connectivity index (χ2v) is 8.24. The Kier molecular flexibility index (Phi) is 7.80. The van der Waals surface area contributed by atoms with Gasteiger partial charge in [0.1, 0.15) is 5.60 Å². The fraction of sp³-hybridized carbons (Fsp3) is 0.882. The molecule has 0 aliphatic carbocycles. The van der Waals surface area contributed by atoms with Crippen molar-refractivity contribution in [1.29, 1.82) is 0 Å². The second-order valence-electron chi connectivity index (χ2n) is 7.86. The van der Waals surface area contributed by atoms with Crippen LogP contribution in [0.25, 0.3) is 0 Å². The van der Waals surface area contributed by atoms with Gasteiger partial charge in [0, 0.05) is 5.88 Å². The van der Waals surface area contributed by atoms with Crippen LogP contribution in [0.3, 0.4) is 0 Å². The van der Waals surface area contributed by atoms with E-state index in [-0.39, 0.29) is 23.5 Å². The highest BCUT2D eigenvalue weighted by Gasteiger charge is 2.36. The van der Waals surface area contributed by atoms with Crippen molar-refractivity contribution in [3.8, 4) is 0 Å². The van der Waals surface area contributed by atoms with E-state index in [1.807, 2.05) is 13.8 Å². The maximum Gasteiger partial charge on any atom is 0.426 e. The van der Waals surface area contributed by atoms with Gasteiger partial charge in [-0.25, -0.2) is 10.2 Å². The third-order valence-corrected chi connectivity index (χ3v) is 4.13. The van der Waals surface area contributed by atoms with Crippen LogP contribution in [0.2, 0.25) is 0 Å². The Labute approximate surface area is 149 Å². The minimum absolute atomic E-state index is 0.169. The van der Waals surface area contributed by atoms with E-state index in [4.69, 9.17) is 21.1 Å². The van der Waals surface area contributed by atoms with Crippen LogP contribution in [0.1, 0.15) is 66.7 Å². The molecule has 1 fully saturated rings. The Balaban J connectivity index is 2.63. The molecular weight excluding hydrogens is 332 g/mol. The molecule has 1 heterocycles. The summed E-state index contributed by atoms with van der Waals surface area (Å²) < 4.78 is 11.2. The molecule has 6 nitrogen and oxygen atoms in total. The SMILES string of the molecule is CC(C)(C)OC(=O)NNC(=O)C(CCCCl)C1CCCC(C)(C)O1. The molecule has 1 aliphatic heterocycles. The summed E-state index contributed by atoms with van der Waals surface area (Å²) in [6.45, 7) is 9.35. The number of alkyl halides is 1. The van der Waals surface area contributed by atoms with Crippen LogP contribution >= 0.6 is 11.6 Å². The average molecular weight is 363 g/mol. The zero-order valence-electron chi connectivity index (χ0n) is 15.4. The summed E-state index contributed by atoms with van der Waals surface area (Å²) in [4.78, 5) is 24.2. The standard InChI is InChI=1S/C17H31ClN2O4/c1-16(2,3)24-15(22)20-19-14(21)12(8-7-11-18)13-9-6-10-17(4,5)23-13/h12-13H,6-11H2,1-5H3,(H,19,21)(H,20,22). The maximum absolute atomic E-state index is 12.5. The normalized spacial score (nSPS) is 21.7. The van der Waals surface area contributed by atoms with Gasteiger partial charge in [-0.05, 0) is 66.7 Å². The number of halogens is 1. The van der Waals surface area contributed by atoms with Gasteiger partial charge in [0.2, 0.25) is 5.91 Å². The number of carbonyl (C=O) groups excluding carboxylic acids is 2. The predicted molar refractivity (Wildman–Crippen MR) is 93.8 cm³/mol. The summed E-state index contributed by atoms with van der Waals surface area (Å²) in [7, 11) is 0. The number of hydrazine groups is 1. The number of hydrogen-bond donors (Lipinski definition) is 2. The van der Waals surface area contributed by atoms with Crippen molar-refractivity contribution in [2.45, 2.75) is 84.0 Å². The van der Waals surface area contributed by atoms with Gasteiger partial charge < -0.3 is 9.47 Å². The first-order valence-electron chi connectivity index (χ1n) is 8.57. The average Bonchev–Trinajstić information content (AvgIpc) is 2.42. The van der Waals surface area contributed by atoms with E-state index < -0.39 is 11.7 Å². The zero-order valence-corrected chi connectivity index (χ0v) is 16.2. The molecule has 0 aromatic carbocycles. The van der Waals surface area contributed by atoms with Crippen molar-refractivity contribution in [3.63, 3.8) is 0 Å². The summed E-state index contributed by atoms with van der Waals surface area (Å²) in [6.07, 6.45) is 3.30. The highest BCUT2D eigenvalue weighted by atomic mass is 35.5. The number of hydrogen-bond acceptors (Lipinski definition) is 4. The zero-order chi connectivity index (χ0) is 18.4. The first-order chi connectivity index (χ1) is 11.0. The van der Waals surface area contributed by atoms with Crippen LogP contribution in [-0.2, 0) is 14.3 Å². The minimum Gasteiger partial charge on any atom is -0.443 e. The number of rotatable bonds is 5. The molecule has 140 valence electrons. The maximum atomic E-state index is 12.5. The van der Waals surface area contributed by atoms with Crippen molar-refractivity contribution in [2.75, 3.05) is 5.88 Å². The lowest BCUT2D eigenvalue weighted by atomic mass is 9.87. The molecule has 1 aliphatic rings. The Hall–Kier alpha value is -1.01. The van der Waals surface area contributed by atoms with Crippen LogP contribution in [0, 0.1) is 5.92 Å². The van der Waals surface area contributed by atoms with Crippen molar-refractivity contribution in [3.05, 3.63) is 0 Å². The summed E-state index contributed by atoms with van der Waals surface area (Å²) in [5.41, 5.74) is 3.90. The van der Waals surface area contributed by atoms with E-state index in [2.05, 4.69) is 10.9 Å². The number of amides is 2. The van der Waals surface area contributed by atoms with Gasteiger partial charge in [-0.1, -0.05) is 0 Å². The van der Waals surface area contributed by atoms with Crippen LogP contribution in [-0.4, -0.2) is 35.2 Å². The first kappa shape index (κ1) is 21.0. The molecule has 1 rings (SSSR count).